The molecule has 1 aliphatic carbocycles. The van der Waals surface area contributed by atoms with Crippen molar-refractivity contribution in [3.63, 3.8) is 0 Å². The zero-order valence-corrected chi connectivity index (χ0v) is 25.0. The summed E-state index contributed by atoms with van der Waals surface area (Å²) in [5.41, 5.74) is -0.555. The summed E-state index contributed by atoms with van der Waals surface area (Å²) < 4.78 is 12.4. The monoisotopic (exact) mass is 586 g/mol. The molecule has 3 fully saturated rings. The van der Waals surface area contributed by atoms with Crippen LogP contribution in [0.25, 0.3) is 0 Å². The summed E-state index contributed by atoms with van der Waals surface area (Å²) in [6.45, 7) is 6.93. The van der Waals surface area contributed by atoms with Crippen LogP contribution in [0.5, 0.6) is 11.5 Å². The number of hydrogen-bond donors (Lipinski definition) is 2. The summed E-state index contributed by atoms with van der Waals surface area (Å²) in [5.74, 6) is -0.775. The van der Waals surface area contributed by atoms with Gasteiger partial charge in [0.25, 0.3) is 0 Å². The van der Waals surface area contributed by atoms with Crippen LogP contribution in [-0.2, 0) is 19.1 Å². The molecule has 2 bridgehead atoms. The number of nitrogens with zero attached hydrogens (tertiary/aromatic N) is 2. The predicted molar refractivity (Wildman–Crippen MR) is 164 cm³/mol. The first-order valence-electron chi connectivity index (χ1n) is 15.8. The lowest BCUT2D eigenvalue weighted by atomic mass is 9.74. The van der Waals surface area contributed by atoms with Gasteiger partial charge >= 0.3 is 0 Å². The molecule has 4 aliphatic rings. The molecular weight excluding hydrogens is 544 g/mol. The van der Waals surface area contributed by atoms with Gasteiger partial charge in [-0.25, -0.2) is 0 Å². The Morgan fingerprint density at radius 2 is 1.67 bits per heavy atom. The maximum Gasteiger partial charge on any atom is 0.246 e. The minimum atomic E-state index is -1.15. The molecular formula is C34H42N4O5. The maximum atomic E-state index is 14.2. The SMILES string of the molecule is CCN(CC)CCN1C(=O)C2C(C(=O)Nc3ccc(Oc4ccccc4)cc3)C3C=CC2(O3)C1C(=O)NC1CCCCC1. The standard InChI is InChI=1S/C34H42N4O5/c1-3-37(4-2)21-22-38-30(32(40)36-23-11-7-5-8-12-23)34-20-19-27(43-34)28(29(34)33(38)41)31(39)35-24-15-17-26(18-16-24)42-25-13-9-6-10-14-25/h6,9-10,13-20,23,27-30H,3-5,7-8,11-12,21-22H2,1-2H3,(H,35,39)(H,36,40). The van der Waals surface area contributed by atoms with Crippen molar-refractivity contribution in [2.45, 2.75) is 69.7 Å². The highest BCUT2D eigenvalue weighted by Crippen LogP contribution is 2.55. The van der Waals surface area contributed by atoms with Crippen LogP contribution in [0.2, 0.25) is 0 Å². The Kier molecular flexibility index (Phi) is 8.54. The smallest absolute Gasteiger partial charge is 0.246 e. The van der Waals surface area contributed by atoms with E-state index in [4.69, 9.17) is 9.47 Å². The molecule has 2 aromatic carbocycles. The Morgan fingerprint density at radius 1 is 0.977 bits per heavy atom. The minimum Gasteiger partial charge on any atom is -0.457 e. The van der Waals surface area contributed by atoms with Gasteiger partial charge in [-0.1, -0.05) is 63.5 Å². The fourth-order valence-electron chi connectivity index (χ4n) is 7.28. The van der Waals surface area contributed by atoms with Crippen LogP contribution in [0.1, 0.15) is 46.0 Å². The first-order chi connectivity index (χ1) is 20.9. The summed E-state index contributed by atoms with van der Waals surface area (Å²) in [7, 11) is 0. The average Bonchev–Trinajstić information content (AvgIpc) is 3.67. The van der Waals surface area contributed by atoms with Gasteiger partial charge in [0.05, 0.1) is 17.9 Å². The third kappa shape index (κ3) is 5.68. The van der Waals surface area contributed by atoms with Crippen LogP contribution in [0.4, 0.5) is 5.69 Å². The van der Waals surface area contributed by atoms with Crippen molar-refractivity contribution in [1.82, 2.24) is 15.1 Å². The molecule has 3 amide bonds. The first kappa shape index (κ1) is 29.4. The molecule has 9 heteroatoms. The molecule has 6 rings (SSSR count). The van der Waals surface area contributed by atoms with Crippen molar-refractivity contribution in [1.29, 1.82) is 0 Å². The van der Waals surface area contributed by atoms with E-state index in [-0.39, 0.29) is 23.8 Å². The van der Waals surface area contributed by atoms with E-state index in [0.717, 1.165) is 44.5 Å². The van der Waals surface area contributed by atoms with Gasteiger partial charge in [0.2, 0.25) is 17.7 Å². The summed E-state index contributed by atoms with van der Waals surface area (Å²) in [4.78, 5) is 45.8. The summed E-state index contributed by atoms with van der Waals surface area (Å²) in [5, 5.41) is 6.25. The minimum absolute atomic E-state index is 0.104. The fourth-order valence-corrected chi connectivity index (χ4v) is 7.28. The van der Waals surface area contributed by atoms with Crippen molar-refractivity contribution in [2.75, 3.05) is 31.5 Å². The Labute approximate surface area is 253 Å². The molecule has 0 radical (unpaired) electrons. The molecule has 1 spiro atoms. The maximum absolute atomic E-state index is 14.2. The van der Waals surface area contributed by atoms with Crippen molar-refractivity contribution >= 4 is 23.4 Å². The molecule has 5 atom stereocenters. The number of rotatable bonds is 11. The van der Waals surface area contributed by atoms with E-state index in [1.54, 1.807) is 29.2 Å². The van der Waals surface area contributed by atoms with Gasteiger partial charge in [-0.05, 0) is 62.3 Å². The van der Waals surface area contributed by atoms with Crippen LogP contribution in [0.3, 0.4) is 0 Å². The molecule has 5 unspecified atom stereocenters. The van der Waals surface area contributed by atoms with Crippen molar-refractivity contribution < 1.29 is 23.9 Å². The lowest BCUT2D eigenvalue weighted by Crippen LogP contribution is -2.57. The highest BCUT2D eigenvalue weighted by Gasteiger charge is 2.72. The van der Waals surface area contributed by atoms with Crippen LogP contribution < -0.4 is 15.4 Å². The third-order valence-electron chi connectivity index (χ3n) is 9.53. The summed E-state index contributed by atoms with van der Waals surface area (Å²) in [6.07, 6.45) is 8.43. The number of para-hydroxylation sites is 1. The molecule has 2 N–H and O–H groups in total. The number of nitrogens with one attached hydrogen (secondary N) is 2. The lowest BCUT2D eigenvalue weighted by molar-refractivity contribution is -0.141. The average molecular weight is 587 g/mol. The Morgan fingerprint density at radius 3 is 2.37 bits per heavy atom. The van der Waals surface area contributed by atoms with Crippen molar-refractivity contribution in [3.05, 3.63) is 66.7 Å². The zero-order valence-electron chi connectivity index (χ0n) is 25.0. The largest absolute Gasteiger partial charge is 0.457 e. The van der Waals surface area contributed by atoms with E-state index in [0.29, 0.717) is 24.5 Å². The first-order valence-corrected chi connectivity index (χ1v) is 15.8. The second-order valence-electron chi connectivity index (χ2n) is 12.0. The quantitative estimate of drug-likeness (QED) is 0.380. The van der Waals surface area contributed by atoms with Gasteiger partial charge in [-0.2, -0.15) is 0 Å². The highest BCUT2D eigenvalue weighted by atomic mass is 16.5. The van der Waals surface area contributed by atoms with Crippen LogP contribution in [0, 0.1) is 11.8 Å². The van der Waals surface area contributed by atoms with Crippen LogP contribution >= 0.6 is 0 Å². The van der Waals surface area contributed by atoms with Crippen LogP contribution in [0.15, 0.2) is 66.7 Å². The number of hydrogen-bond acceptors (Lipinski definition) is 6. The van der Waals surface area contributed by atoms with Gasteiger partial charge in [-0.15, -0.1) is 0 Å². The van der Waals surface area contributed by atoms with Gasteiger partial charge in [0, 0.05) is 24.8 Å². The Bertz CT molecular complexity index is 1340. The topological polar surface area (TPSA) is 100 Å². The van der Waals surface area contributed by atoms with Gasteiger partial charge in [-0.3, -0.25) is 14.4 Å². The zero-order chi connectivity index (χ0) is 30.0. The molecule has 1 saturated carbocycles. The number of ether oxygens (including phenoxy) is 2. The molecule has 0 aromatic heterocycles. The third-order valence-corrected chi connectivity index (χ3v) is 9.53. The Hall–Kier alpha value is -3.69. The van der Waals surface area contributed by atoms with E-state index in [2.05, 4.69) is 29.4 Å². The highest BCUT2D eigenvalue weighted by molar-refractivity contribution is 6.02. The Balaban J connectivity index is 1.21. The number of amides is 3. The number of likely N-dealkylation sites (tertiary alicyclic amines) is 1. The van der Waals surface area contributed by atoms with E-state index in [9.17, 15) is 14.4 Å². The second kappa shape index (κ2) is 12.5. The molecule has 43 heavy (non-hydrogen) atoms. The molecule has 3 heterocycles. The number of anilines is 1. The molecule has 2 aromatic rings. The van der Waals surface area contributed by atoms with Crippen molar-refractivity contribution in [3.8, 4) is 11.5 Å². The van der Waals surface area contributed by atoms with E-state index in [1.807, 2.05) is 42.5 Å². The number of fused-ring (bicyclic) bond motifs is 1. The second-order valence-corrected chi connectivity index (χ2v) is 12.0. The van der Waals surface area contributed by atoms with E-state index < -0.39 is 29.6 Å². The van der Waals surface area contributed by atoms with Gasteiger partial charge in [0.1, 0.15) is 23.1 Å². The molecule has 9 nitrogen and oxygen atoms in total. The van der Waals surface area contributed by atoms with Gasteiger partial charge in [0.15, 0.2) is 0 Å². The van der Waals surface area contributed by atoms with E-state index >= 15 is 0 Å². The molecule has 228 valence electrons. The normalized spacial score (nSPS) is 27.9. The fraction of sp³-hybridized carbons (Fsp3) is 0.500. The van der Waals surface area contributed by atoms with E-state index in [1.165, 1.54) is 6.42 Å². The summed E-state index contributed by atoms with van der Waals surface area (Å²) >= 11 is 0. The number of likely N-dealkylation sites (N-methyl/N-ethyl adjacent to an activating group) is 1. The number of carbonyl (C=O) groups excluding carboxylic acids is 3. The number of carbonyl (C=O) groups is 3. The van der Waals surface area contributed by atoms with Crippen LogP contribution in [-0.4, -0.2) is 77.5 Å². The molecule has 2 saturated heterocycles. The number of benzene rings is 2. The van der Waals surface area contributed by atoms with Crippen molar-refractivity contribution in [2.24, 2.45) is 11.8 Å². The summed E-state index contributed by atoms with van der Waals surface area (Å²) in [6, 6.07) is 15.9. The van der Waals surface area contributed by atoms with Gasteiger partial charge < -0.3 is 29.9 Å². The predicted octanol–water partition coefficient (Wildman–Crippen LogP) is 4.36. The molecule has 3 aliphatic heterocycles. The lowest BCUT2D eigenvalue weighted by Gasteiger charge is -2.34.